The molecule has 1 aliphatic rings. The predicted molar refractivity (Wildman–Crippen MR) is 81.5 cm³/mol. The van der Waals surface area contributed by atoms with Gasteiger partial charge in [0, 0.05) is 10.9 Å². The number of aryl methyl sites for hydroxylation is 1. The highest BCUT2D eigenvalue weighted by Crippen LogP contribution is 2.36. The van der Waals surface area contributed by atoms with Gasteiger partial charge in [0.25, 0.3) is 0 Å². The maximum atomic E-state index is 5.12. The molecule has 2 nitrogen and oxygen atoms in total. The van der Waals surface area contributed by atoms with E-state index >= 15 is 0 Å². The van der Waals surface area contributed by atoms with Crippen LogP contribution in [0.5, 0.6) is 0 Å². The molecule has 1 atom stereocenters. The second-order valence-electron chi connectivity index (χ2n) is 4.22. The Hall–Kier alpha value is -0.0700. The van der Waals surface area contributed by atoms with Crippen molar-refractivity contribution in [3.05, 3.63) is 32.2 Å². The molecule has 2 rings (SSSR count). The third-order valence-electron chi connectivity index (χ3n) is 3.03. The van der Waals surface area contributed by atoms with Crippen molar-refractivity contribution in [3.8, 4) is 0 Å². The lowest BCUT2D eigenvalue weighted by molar-refractivity contribution is 0.242. The Labute approximate surface area is 121 Å². The molecule has 1 unspecified atom stereocenters. The molecule has 0 saturated carbocycles. The van der Waals surface area contributed by atoms with Gasteiger partial charge in [-0.05, 0) is 66.4 Å². The SMILES string of the molecule is C=COCCCNC1CCCc2sc(I)cc21. The van der Waals surface area contributed by atoms with Crippen molar-refractivity contribution in [2.24, 2.45) is 0 Å². The van der Waals surface area contributed by atoms with Crippen molar-refractivity contribution in [3.63, 3.8) is 0 Å². The summed E-state index contributed by atoms with van der Waals surface area (Å²) in [7, 11) is 0. The number of hydrogen-bond donors (Lipinski definition) is 1. The van der Waals surface area contributed by atoms with Crippen molar-refractivity contribution >= 4 is 33.9 Å². The normalized spacial score (nSPS) is 18.8. The van der Waals surface area contributed by atoms with Crippen molar-refractivity contribution in [1.82, 2.24) is 5.32 Å². The molecule has 0 fully saturated rings. The van der Waals surface area contributed by atoms with Gasteiger partial charge < -0.3 is 10.1 Å². The Kier molecular flexibility index (Phi) is 5.31. The van der Waals surface area contributed by atoms with Gasteiger partial charge >= 0.3 is 0 Å². The summed E-state index contributed by atoms with van der Waals surface area (Å²) in [6.45, 7) is 5.32. The summed E-state index contributed by atoms with van der Waals surface area (Å²) in [5.41, 5.74) is 1.54. The second-order valence-corrected chi connectivity index (χ2v) is 7.25. The van der Waals surface area contributed by atoms with Gasteiger partial charge in [0.1, 0.15) is 0 Å². The Morgan fingerprint density at radius 3 is 3.35 bits per heavy atom. The standard InChI is InChI=1S/C13H18INOS/c1-2-16-8-4-7-15-11-5-3-6-12-10(11)9-13(14)17-12/h2,9,11,15H,1,3-8H2. The van der Waals surface area contributed by atoms with Gasteiger partial charge in [-0.25, -0.2) is 0 Å². The largest absolute Gasteiger partial charge is 0.502 e. The molecule has 0 saturated heterocycles. The fourth-order valence-corrected chi connectivity index (χ4v) is 4.37. The number of rotatable bonds is 6. The molecule has 1 aromatic rings. The fourth-order valence-electron chi connectivity index (χ4n) is 2.25. The topological polar surface area (TPSA) is 21.3 Å². The third-order valence-corrected chi connectivity index (χ3v) is 5.00. The van der Waals surface area contributed by atoms with Crippen LogP contribution in [0.25, 0.3) is 0 Å². The molecule has 1 aliphatic carbocycles. The molecule has 17 heavy (non-hydrogen) atoms. The van der Waals surface area contributed by atoms with E-state index in [1.54, 1.807) is 4.88 Å². The summed E-state index contributed by atoms with van der Waals surface area (Å²) in [5, 5.41) is 3.64. The van der Waals surface area contributed by atoms with E-state index in [1.165, 1.54) is 34.0 Å². The number of ether oxygens (including phenoxy) is 1. The molecule has 0 amide bonds. The quantitative estimate of drug-likeness (QED) is 0.471. The summed E-state index contributed by atoms with van der Waals surface area (Å²) in [6, 6.07) is 2.90. The average molecular weight is 363 g/mol. The number of hydrogen-bond acceptors (Lipinski definition) is 3. The van der Waals surface area contributed by atoms with E-state index in [4.69, 9.17) is 4.74 Å². The number of halogens is 1. The van der Waals surface area contributed by atoms with Gasteiger partial charge in [-0.2, -0.15) is 0 Å². The third kappa shape index (κ3) is 3.69. The van der Waals surface area contributed by atoms with E-state index in [2.05, 4.69) is 40.6 Å². The molecule has 0 aliphatic heterocycles. The summed E-state index contributed by atoms with van der Waals surface area (Å²) in [5.74, 6) is 0. The van der Waals surface area contributed by atoms with Gasteiger partial charge in [-0.15, -0.1) is 11.3 Å². The molecule has 1 heterocycles. The smallest absolute Gasteiger partial charge is 0.0885 e. The summed E-state index contributed by atoms with van der Waals surface area (Å²) in [6.07, 6.45) is 6.40. The Balaban J connectivity index is 1.83. The van der Waals surface area contributed by atoms with Crippen LogP contribution in [0.4, 0.5) is 0 Å². The number of fused-ring (bicyclic) bond motifs is 1. The molecular weight excluding hydrogens is 345 g/mol. The monoisotopic (exact) mass is 363 g/mol. The van der Waals surface area contributed by atoms with Crippen LogP contribution in [-0.2, 0) is 11.2 Å². The Bertz CT molecular complexity index is 377. The first-order valence-corrected chi connectivity index (χ1v) is 7.95. The minimum Gasteiger partial charge on any atom is -0.502 e. The van der Waals surface area contributed by atoms with Crippen LogP contribution in [0, 0.1) is 2.88 Å². The van der Waals surface area contributed by atoms with Crippen LogP contribution in [0.3, 0.4) is 0 Å². The minimum absolute atomic E-state index is 0.558. The lowest BCUT2D eigenvalue weighted by atomic mass is 9.94. The Morgan fingerprint density at radius 2 is 2.53 bits per heavy atom. The fraction of sp³-hybridized carbons (Fsp3) is 0.538. The molecule has 94 valence electrons. The van der Waals surface area contributed by atoms with Crippen molar-refractivity contribution in [2.75, 3.05) is 13.2 Å². The lowest BCUT2D eigenvalue weighted by Crippen LogP contribution is -2.25. The highest BCUT2D eigenvalue weighted by atomic mass is 127. The van der Waals surface area contributed by atoms with E-state index in [0.717, 1.165) is 19.6 Å². The molecule has 0 aromatic carbocycles. The van der Waals surface area contributed by atoms with E-state index in [0.29, 0.717) is 6.04 Å². The molecule has 0 bridgehead atoms. The average Bonchev–Trinajstić information content (AvgIpc) is 2.70. The molecule has 0 radical (unpaired) electrons. The number of thiophene rings is 1. The summed E-state index contributed by atoms with van der Waals surface area (Å²) < 4.78 is 6.53. The van der Waals surface area contributed by atoms with Crippen molar-refractivity contribution in [1.29, 1.82) is 0 Å². The van der Waals surface area contributed by atoms with Crippen molar-refractivity contribution < 1.29 is 4.74 Å². The first-order valence-electron chi connectivity index (χ1n) is 6.05. The molecular formula is C13H18INOS. The molecule has 1 N–H and O–H groups in total. The zero-order valence-electron chi connectivity index (χ0n) is 9.88. The maximum absolute atomic E-state index is 5.12. The first kappa shape index (κ1) is 13.4. The van der Waals surface area contributed by atoms with Crippen LogP contribution in [-0.4, -0.2) is 13.2 Å². The number of nitrogens with one attached hydrogen (secondary N) is 1. The van der Waals surface area contributed by atoms with Crippen LogP contribution < -0.4 is 5.32 Å². The zero-order valence-corrected chi connectivity index (χ0v) is 12.9. The van der Waals surface area contributed by atoms with Crippen molar-refractivity contribution in [2.45, 2.75) is 31.7 Å². The maximum Gasteiger partial charge on any atom is 0.0885 e. The van der Waals surface area contributed by atoms with Gasteiger partial charge in [0.2, 0.25) is 0 Å². The van der Waals surface area contributed by atoms with E-state index in [1.807, 2.05) is 11.3 Å². The molecule has 0 spiro atoms. The van der Waals surface area contributed by atoms with E-state index in [9.17, 15) is 0 Å². The first-order chi connectivity index (χ1) is 8.31. The second kappa shape index (κ2) is 6.75. The van der Waals surface area contributed by atoms with Gasteiger partial charge in [-0.1, -0.05) is 6.58 Å². The highest BCUT2D eigenvalue weighted by molar-refractivity contribution is 14.1. The molecule has 4 heteroatoms. The van der Waals surface area contributed by atoms with Crippen LogP contribution in [0.1, 0.15) is 35.7 Å². The minimum atomic E-state index is 0.558. The predicted octanol–water partition coefficient (Wildman–Crippen LogP) is 3.87. The van der Waals surface area contributed by atoms with E-state index < -0.39 is 0 Å². The highest BCUT2D eigenvalue weighted by Gasteiger charge is 2.21. The van der Waals surface area contributed by atoms with Gasteiger partial charge in [-0.3, -0.25) is 0 Å². The summed E-state index contributed by atoms with van der Waals surface area (Å²) in [4.78, 5) is 1.58. The van der Waals surface area contributed by atoms with Crippen LogP contribution in [0.2, 0.25) is 0 Å². The summed E-state index contributed by atoms with van der Waals surface area (Å²) >= 11 is 4.38. The zero-order chi connectivity index (χ0) is 12.1. The van der Waals surface area contributed by atoms with Crippen LogP contribution >= 0.6 is 33.9 Å². The van der Waals surface area contributed by atoms with E-state index in [-0.39, 0.29) is 0 Å². The molecule has 1 aromatic heterocycles. The van der Waals surface area contributed by atoms with Gasteiger partial charge in [0.15, 0.2) is 0 Å². The van der Waals surface area contributed by atoms with Gasteiger partial charge in [0.05, 0.1) is 15.8 Å². The lowest BCUT2D eigenvalue weighted by Gasteiger charge is -2.23. The van der Waals surface area contributed by atoms with Crippen LogP contribution in [0.15, 0.2) is 18.9 Å². The Morgan fingerprint density at radius 1 is 1.65 bits per heavy atom.